The Morgan fingerprint density at radius 1 is 0.778 bits per heavy atom. The third-order valence-electron chi connectivity index (χ3n) is 11.6. The van der Waals surface area contributed by atoms with Crippen LogP contribution < -0.4 is 59.7 Å². The molecule has 25 nitrogen and oxygen atoms in total. The molecule has 72 heavy (non-hydrogen) atoms. The van der Waals surface area contributed by atoms with Crippen LogP contribution in [0, 0.1) is 11.8 Å². The second-order valence-corrected chi connectivity index (χ2v) is 20.6. The molecule has 9 atom stereocenters. The second kappa shape index (κ2) is 29.0. The molecule has 1 aromatic carbocycles. The fourth-order valence-electron chi connectivity index (χ4n) is 7.68. The SMILES string of the molecule is CC[C@H](C)C1NC(=O)[C@H](Cc2ccc(O)cc2)NC(=O)[C@@H](NC(C)=O)CSSC[C@@H](C(=O)N2CCC[C@H]2C(=O)N[C@@H](CC(C)C)C(=O)NCC(N)=O)NC(=O)[C@H](CC(N)=O)NC(=O)[C@H](CCC(N)=O)NC1=O. The van der Waals surface area contributed by atoms with Crippen LogP contribution in [-0.2, 0) is 64.0 Å². The van der Waals surface area contributed by atoms with Gasteiger partial charge in [-0.05, 0) is 55.2 Å². The lowest BCUT2D eigenvalue weighted by Crippen LogP contribution is -2.62. The number of likely N-dealkylation sites (tertiary alicyclic amines) is 1. The standard InChI is InChI=1S/C45H68N12O13S2/c1-6-23(4)37-44(69)51-27(13-14-34(46)60)39(64)53-30(18-35(47)61)40(65)55-32(45(70)57-15-7-8-33(57)43(68)54-28(16-22(2)3)38(63)49-19-36(48)62)21-72-71-20-31(50-24(5)58)42(67)52-29(41(66)56-37)17-25-9-11-26(59)12-10-25/h9-12,22-23,27-33,37,59H,6-8,13-21H2,1-5H3,(H2,46,60)(H2,47,61)(H2,48,62)(H,49,63)(H,50,58)(H,51,69)(H,52,67)(H,53,64)(H,54,68)(H,55,65)(H,56,66)/t23-,27-,28-,29-,30-,31-,32-,33-,37?/m0/s1. The minimum absolute atomic E-state index is 0.0216. The molecule has 0 radical (unpaired) electrons. The van der Waals surface area contributed by atoms with Gasteiger partial charge >= 0.3 is 0 Å². The van der Waals surface area contributed by atoms with Crippen molar-refractivity contribution in [2.24, 2.45) is 29.0 Å². The Bertz CT molecular complexity index is 2170. The van der Waals surface area contributed by atoms with Gasteiger partial charge in [-0.15, -0.1) is 0 Å². The van der Waals surface area contributed by atoms with Crippen molar-refractivity contribution in [2.45, 2.75) is 134 Å². The molecule has 0 spiro atoms. The van der Waals surface area contributed by atoms with Gasteiger partial charge in [-0.2, -0.15) is 0 Å². The average molecular weight is 1050 g/mol. The fourth-order valence-corrected chi connectivity index (χ4v) is 10.0. The molecule has 27 heteroatoms. The van der Waals surface area contributed by atoms with E-state index in [0.29, 0.717) is 18.4 Å². The van der Waals surface area contributed by atoms with Crippen LogP contribution in [0.2, 0.25) is 0 Å². The Morgan fingerprint density at radius 2 is 1.39 bits per heavy atom. The third-order valence-corrected chi connectivity index (χ3v) is 14.1. The zero-order chi connectivity index (χ0) is 53.8. The molecule has 2 aliphatic rings. The molecule has 0 bridgehead atoms. The number of aromatic hydroxyl groups is 1. The summed E-state index contributed by atoms with van der Waals surface area (Å²) in [6.07, 6.45) is -0.906. The molecule has 2 aliphatic heterocycles. The molecule has 1 unspecified atom stereocenters. The highest BCUT2D eigenvalue weighted by molar-refractivity contribution is 8.76. The summed E-state index contributed by atoms with van der Waals surface area (Å²) in [7, 11) is 1.95. The summed E-state index contributed by atoms with van der Waals surface area (Å²) >= 11 is 0. The van der Waals surface area contributed by atoms with Crippen molar-refractivity contribution in [3.63, 3.8) is 0 Å². The Hall–Kier alpha value is -6.64. The molecular formula is C45H68N12O13S2. The quantitative estimate of drug-likeness (QED) is 0.0637. The van der Waals surface area contributed by atoms with E-state index in [4.69, 9.17) is 17.2 Å². The number of nitrogens with one attached hydrogen (secondary N) is 8. The highest BCUT2D eigenvalue weighted by Gasteiger charge is 2.41. The van der Waals surface area contributed by atoms with E-state index >= 15 is 0 Å². The molecule has 2 heterocycles. The van der Waals surface area contributed by atoms with Crippen molar-refractivity contribution in [3.05, 3.63) is 29.8 Å². The zero-order valence-electron chi connectivity index (χ0n) is 40.9. The van der Waals surface area contributed by atoms with Gasteiger partial charge in [0.05, 0.1) is 13.0 Å². The molecule has 0 aliphatic carbocycles. The number of hydrogen-bond acceptors (Lipinski definition) is 15. The summed E-state index contributed by atoms with van der Waals surface area (Å²) in [4.78, 5) is 162. The fraction of sp³-hybridized carbons (Fsp3) is 0.600. The monoisotopic (exact) mass is 1050 g/mol. The minimum atomic E-state index is -1.78. The maximum absolute atomic E-state index is 14.6. The first-order valence-corrected chi connectivity index (χ1v) is 25.9. The van der Waals surface area contributed by atoms with Crippen molar-refractivity contribution >= 4 is 92.5 Å². The molecular weight excluding hydrogens is 981 g/mol. The summed E-state index contributed by atoms with van der Waals surface area (Å²) < 4.78 is 0. The topological polar surface area (TPSA) is 403 Å². The van der Waals surface area contributed by atoms with Crippen LogP contribution in [0.4, 0.5) is 0 Å². The van der Waals surface area contributed by atoms with E-state index in [-0.39, 0.29) is 49.0 Å². The summed E-state index contributed by atoms with van der Waals surface area (Å²) in [5.74, 6) is -11.5. The number of hydrogen-bond donors (Lipinski definition) is 12. The first kappa shape index (κ1) is 59.7. The van der Waals surface area contributed by atoms with Crippen LogP contribution in [0.15, 0.2) is 24.3 Å². The van der Waals surface area contributed by atoms with Crippen LogP contribution in [0.1, 0.15) is 85.1 Å². The van der Waals surface area contributed by atoms with Gasteiger partial charge in [0.1, 0.15) is 54.1 Å². The minimum Gasteiger partial charge on any atom is -0.508 e. The van der Waals surface area contributed by atoms with E-state index in [2.05, 4.69) is 42.5 Å². The van der Waals surface area contributed by atoms with E-state index in [1.54, 1.807) is 27.7 Å². The predicted octanol–water partition coefficient (Wildman–Crippen LogP) is -3.43. The van der Waals surface area contributed by atoms with Crippen molar-refractivity contribution in [2.75, 3.05) is 24.6 Å². The Labute approximate surface area is 424 Å². The largest absolute Gasteiger partial charge is 0.508 e. The van der Waals surface area contributed by atoms with E-state index in [0.717, 1.165) is 21.6 Å². The van der Waals surface area contributed by atoms with Gasteiger partial charge in [-0.25, -0.2) is 0 Å². The number of primary amides is 3. The van der Waals surface area contributed by atoms with Crippen molar-refractivity contribution in [1.82, 2.24) is 47.4 Å². The van der Waals surface area contributed by atoms with Crippen molar-refractivity contribution in [3.8, 4) is 5.75 Å². The van der Waals surface area contributed by atoms with Crippen molar-refractivity contribution < 1.29 is 62.6 Å². The molecule has 12 amide bonds. The Balaban J connectivity index is 2.12. The molecule has 15 N–H and O–H groups in total. The predicted molar refractivity (Wildman–Crippen MR) is 264 cm³/mol. The first-order chi connectivity index (χ1) is 33.9. The van der Waals surface area contributed by atoms with Gasteiger partial charge < -0.3 is 69.7 Å². The third kappa shape index (κ3) is 19.5. The molecule has 3 rings (SSSR count). The lowest BCUT2D eigenvalue weighted by atomic mass is 9.96. The summed E-state index contributed by atoms with van der Waals surface area (Å²) in [6, 6.07) is -5.48. The Morgan fingerprint density at radius 3 is 1.99 bits per heavy atom. The van der Waals surface area contributed by atoms with Crippen LogP contribution in [0.3, 0.4) is 0 Å². The highest BCUT2D eigenvalue weighted by atomic mass is 33.1. The summed E-state index contributed by atoms with van der Waals surface area (Å²) in [6.45, 7) is 7.68. The molecule has 2 saturated heterocycles. The Kier molecular flexibility index (Phi) is 24.0. The highest BCUT2D eigenvalue weighted by Crippen LogP contribution is 2.26. The zero-order valence-corrected chi connectivity index (χ0v) is 42.5. The number of phenols is 1. The number of benzene rings is 1. The smallest absolute Gasteiger partial charge is 0.246 e. The molecule has 0 aromatic heterocycles. The van der Waals surface area contributed by atoms with Gasteiger partial charge in [0.2, 0.25) is 70.9 Å². The molecule has 0 saturated carbocycles. The van der Waals surface area contributed by atoms with Crippen LogP contribution >= 0.6 is 21.6 Å². The van der Waals surface area contributed by atoms with E-state index < -0.39 is 151 Å². The van der Waals surface area contributed by atoms with Crippen LogP contribution in [0.5, 0.6) is 5.75 Å². The number of nitrogens with zero attached hydrogens (tertiary/aromatic N) is 1. The van der Waals surface area contributed by atoms with Gasteiger partial charge in [-0.1, -0.05) is 67.8 Å². The molecule has 398 valence electrons. The number of amides is 12. The maximum Gasteiger partial charge on any atom is 0.246 e. The van der Waals surface area contributed by atoms with E-state index in [9.17, 15) is 62.6 Å². The normalized spacial score (nSPS) is 23.7. The number of carbonyl (C=O) groups is 12. The summed E-state index contributed by atoms with van der Waals surface area (Å²) in [5.41, 5.74) is 16.6. The summed E-state index contributed by atoms with van der Waals surface area (Å²) in [5, 5.41) is 30.3. The van der Waals surface area contributed by atoms with Crippen molar-refractivity contribution in [1.29, 1.82) is 0 Å². The number of phenolic OH excluding ortho intramolecular Hbond substituents is 1. The molecule has 2 fully saturated rings. The second-order valence-electron chi connectivity index (χ2n) is 18.0. The molecule has 1 aromatic rings. The lowest BCUT2D eigenvalue weighted by molar-refractivity contribution is -0.142. The van der Waals surface area contributed by atoms with Gasteiger partial charge in [0.25, 0.3) is 0 Å². The van der Waals surface area contributed by atoms with Gasteiger partial charge in [-0.3, -0.25) is 57.5 Å². The lowest BCUT2D eigenvalue weighted by Gasteiger charge is -2.31. The first-order valence-electron chi connectivity index (χ1n) is 23.4. The van der Waals surface area contributed by atoms with E-state index in [1.165, 1.54) is 36.1 Å². The maximum atomic E-state index is 14.6. The number of rotatable bonds is 18. The number of carbonyl (C=O) groups excluding carboxylic acids is 12. The van der Waals surface area contributed by atoms with Gasteiger partial charge in [0, 0.05) is 37.8 Å². The number of nitrogens with two attached hydrogens (primary N) is 3. The van der Waals surface area contributed by atoms with Gasteiger partial charge in [0.15, 0.2) is 0 Å². The van der Waals surface area contributed by atoms with E-state index in [1.807, 2.05) is 0 Å². The average Bonchev–Trinajstić information content (AvgIpc) is 3.81. The van der Waals surface area contributed by atoms with Crippen LogP contribution in [-0.4, -0.2) is 154 Å². The van der Waals surface area contributed by atoms with Crippen LogP contribution in [0.25, 0.3) is 0 Å².